The number of carbonyl (C=O) groups is 1. The van der Waals surface area contributed by atoms with Gasteiger partial charge in [-0.2, -0.15) is 13.2 Å². The lowest BCUT2D eigenvalue weighted by molar-refractivity contribution is -0.144. The van der Waals surface area contributed by atoms with E-state index in [4.69, 9.17) is 4.74 Å². The first kappa shape index (κ1) is 17.7. The van der Waals surface area contributed by atoms with Crippen LogP contribution in [0.4, 0.5) is 13.2 Å². The van der Waals surface area contributed by atoms with Crippen LogP contribution in [-0.4, -0.2) is 15.9 Å². The van der Waals surface area contributed by atoms with Gasteiger partial charge in [-0.1, -0.05) is 30.3 Å². The van der Waals surface area contributed by atoms with Crippen molar-refractivity contribution in [2.45, 2.75) is 19.2 Å². The molecule has 0 aliphatic carbocycles. The Morgan fingerprint density at radius 3 is 2.65 bits per heavy atom. The summed E-state index contributed by atoms with van der Waals surface area (Å²) in [5, 5.41) is 0.409. The third kappa shape index (κ3) is 4.08. The Labute approximate surface area is 145 Å². The summed E-state index contributed by atoms with van der Waals surface area (Å²) >= 11 is 0. The molecule has 0 spiro atoms. The third-order valence-electron chi connectivity index (χ3n) is 3.63. The first-order valence-corrected chi connectivity index (χ1v) is 7.62. The van der Waals surface area contributed by atoms with Crippen molar-refractivity contribution in [1.82, 2.24) is 9.97 Å². The number of carbonyl (C=O) groups excluding carboxylic acids is 1. The molecule has 0 unspecified atom stereocenters. The fraction of sp³-hybridized carbons (Fsp3) is 0.167. The lowest BCUT2D eigenvalue weighted by Crippen LogP contribution is -2.15. The molecule has 0 atom stereocenters. The van der Waals surface area contributed by atoms with Crippen LogP contribution < -0.4 is 5.56 Å². The molecule has 0 radical (unpaired) electrons. The van der Waals surface area contributed by atoms with Crippen LogP contribution in [0.3, 0.4) is 0 Å². The number of fused-ring (bicyclic) bond motifs is 1. The van der Waals surface area contributed by atoms with E-state index in [0.29, 0.717) is 10.9 Å². The minimum atomic E-state index is -4.48. The predicted octanol–water partition coefficient (Wildman–Crippen LogP) is 3.23. The standard InChI is InChI=1S/C18H13F3N2O3/c19-18(20,21)12-5-3-4-11(8-12)9-16(24)26-10-15-22-14-7-2-1-6-13(14)17(25)23-15/h1-8H,9-10H2,(H,22,23,25). The van der Waals surface area contributed by atoms with Gasteiger partial charge in [0.05, 0.1) is 22.9 Å². The van der Waals surface area contributed by atoms with Crippen LogP contribution in [0.2, 0.25) is 0 Å². The topological polar surface area (TPSA) is 72.0 Å². The Morgan fingerprint density at radius 1 is 1.12 bits per heavy atom. The third-order valence-corrected chi connectivity index (χ3v) is 3.63. The number of alkyl halides is 3. The summed E-state index contributed by atoms with van der Waals surface area (Å²) < 4.78 is 43.1. The normalized spacial score (nSPS) is 11.5. The van der Waals surface area contributed by atoms with E-state index in [-0.39, 0.29) is 30.0 Å². The average molecular weight is 362 g/mol. The summed E-state index contributed by atoms with van der Waals surface area (Å²) in [5.41, 5.74) is -0.548. The Morgan fingerprint density at radius 2 is 1.88 bits per heavy atom. The molecule has 0 amide bonds. The highest BCUT2D eigenvalue weighted by Gasteiger charge is 2.30. The van der Waals surface area contributed by atoms with Crippen LogP contribution in [-0.2, 0) is 28.7 Å². The fourth-order valence-electron chi connectivity index (χ4n) is 2.43. The van der Waals surface area contributed by atoms with E-state index >= 15 is 0 Å². The van der Waals surface area contributed by atoms with Crippen molar-refractivity contribution in [2.24, 2.45) is 0 Å². The quantitative estimate of drug-likeness (QED) is 0.724. The van der Waals surface area contributed by atoms with E-state index in [1.54, 1.807) is 24.3 Å². The average Bonchev–Trinajstić information content (AvgIpc) is 2.59. The summed E-state index contributed by atoms with van der Waals surface area (Å²) in [6.07, 6.45) is -4.80. The largest absolute Gasteiger partial charge is 0.457 e. The van der Waals surface area contributed by atoms with Crippen LogP contribution in [0.1, 0.15) is 17.0 Å². The Hall–Kier alpha value is -3.16. The van der Waals surface area contributed by atoms with Gasteiger partial charge < -0.3 is 9.72 Å². The highest BCUT2D eigenvalue weighted by Crippen LogP contribution is 2.29. The van der Waals surface area contributed by atoms with Gasteiger partial charge in [0, 0.05) is 0 Å². The molecule has 3 rings (SSSR count). The van der Waals surface area contributed by atoms with Crippen LogP contribution in [0.25, 0.3) is 10.9 Å². The number of H-pyrrole nitrogens is 1. The van der Waals surface area contributed by atoms with E-state index in [2.05, 4.69) is 9.97 Å². The van der Waals surface area contributed by atoms with Crippen molar-refractivity contribution in [3.63, 3.8) is 0 Å². The van der Waals surface area contributed by atoms with E-state index in [1.165, 1.54) is 12.1 Å². The van der Waals surface area contributed by atoms with E-state index in [1.807, 2.05) is 0 Å². The fourth-order valence-corrected chi connectivity index (χ4v) is 2.43. The minimum absolute atomic E-state index is 0.158. The number of halogens is 3. The molecule has 3 aromatic rings. The molecule has 2 aromatic carbocycles. The smallest absolute Gasteiger partial charge is 0.416 e. The van der Waals surface area contributed by atoms with Crippen molar-refractivity contribution in [3.8, 4) is 0 Å². The molecule has 0 aliphatic rings. The van der Waals surface area contributed by atoms with Crippen molar-refractivity contribution >= 4 is 16.9 Å². The highest BCUT2D eigenvalue weighted by molar-refractivity contribution is 5.77. The maximum absolute atomic E-state index is 12.7. The molecule has 5 nitrogen and oxygen atoms in total. The number of aromatic amines is 1. The SMILES string of the molecule is O=C(Cc1cccc(C(F)(F)F)c1)OCc1nc2ccccc2c(=O)[nH]1. The number of aromatic nitrogens is 2. The van der Waals surface area contributed by atoms with Crippen LogP contribution in [0.15, 0.2) is 53.3 Å². The van der Waals surface area contributed by atoms with Crippen molar-refractivity contribution in [3.05, 3.63) is 75.8 Å². The lowest BCUT2D eigenvalue weighted by Gasteiger charge is -2.09. The first-order valence-electron chi connectivity index (χ1n) is 7.62. The molecule has 0 saturated carbocycles. The second kappa shape index (κ2) is 6.99. The molecule has 0 fully saturated rings. The molecule has 0 saturated heterocycles. The molecular weight excluding hydrogens is 349 g/mol. The molecular formula is C18H13F3N2O3. The zero-order valence-corrected chi connectivity index (χ0v) is 13.3. The Bertz CT molecular complexity index is 1010. The summed E-state index contributed by atoms with van der Waals surface area (Å²) in [7, 11) is 0. The number of nitrogens with one attached hydrogen (secondary N) is 1. The van der Waals surface area contributed by atoms with Gasteiger partial charge >= 0.3 is 12.1 Å². The second-order valence-corrected chi connectivity index (χ2v) is 5.57. The molecule has 1 N–H and O–H groups in total. The number of benzene rings is 2. The lowest BCUT2D eigenvalue weighted by atomic mass is 10.1. The molecule has 26 heavy (non-hydrogen) atoms. The van der Waals surface area contributed by atoms with Crippen LogP contribution >= 0.6 is 0 Å². The van der Waals surface area contributed by atoms with Crippen LogP contribution in [0.5, 0.6) is 0 Å². The van der Waals surface area contributed by atoms with Crippen LogP contribution in [0, 0.1) is 0 Å². The number of ether oxygens (including phenoxy) is 1. The number of hydrogen-bond donors (Lipinski definition) is 1. The van der Waals surface area contributed by atoms with Gasteiger partial charge in [-0.25, -0.2) is 4.98 Å². The molecule has 0 bridgehead atoms. The number of rotatable bonds is 4. The summed E-state index contributed by atoms with van der Waals surface area (Å²) in [6.45, 7) is -0.280. The molecule has 1 aromatic heterocycles. The number of esters is 1. The monoisotopic (exact) mass is 362 g/mol. The van der Waals surface area contributed by atoms with Crippen molar-refractivity contribution in [1.29, 1.82) is 0 Å². The van der Waals surface area contributed by atoms with Gasteiger partial charge in [0.2, 0.25) is 0 Å². The molecule has 8 heteroatoms. The maximum Gasteiger partial charge on any atom is 0.416 e. The van der Waals surface area contributed by atoms with Gasteiger partial charge in [0.15, 0.2) is 0 Å². The highest BCUT2D eigenvalue weighted by atomic mass is 19.4. The van der Waals surface area contributed by atoms with E-state index in [0.717, 1.165) is 12.1 Å². The molecule has 1 heterocycles. The van der Waals surface area contributed by atoms with Gasteiger partial charge in [0.25, 0.3) is 5.56 Å². The summed E-state index contributed by atoms with van der Waals surface area (Å²) in [6, 6.07) is 11.2. The number of para-hydroxylation sites is 1. The minimum Gasteiger partial charge on any atom is -0.457 e. The maximum atomic E-state index is 12.7. The van der Waals surface area contributed by atoms with Gasteiger partial charge in [-0.15, -0.1) is 0 Å². The Kier molecular flexibility index (Phi) is 4.75. The summed E-state index contributed by atoms with van der Waals surface area (Å²) in [5.74, 6) is -0.564. The van der Waals surface area contributed by atoms with Gasteiger partial charge in [-0.3, -0.25) is 9.59 Å². The second-order valence-electron chi connectivity index (χ2n) is 5.57. The molecule has 134 valence electrons. The predicted molar refractivity (Wildman–Crippen MR) is 87.3 cm³/mol. The first-order chi connectivity index (χ1) is 12.3. The zero-order chi connectivity index (χ0) is 18.7. The van der Waals surface area contributed by atoms with E-state index < -0.39 is 17.7 Å². The number of hydrogen-bond acceptors (Lipinski definition) is 4. The van der Waals surface area contributed by atoms with Crippen molar-refractivity contribution in [2.75, 3.05) is 0 Å². The summed E-state index contributed by atoms with van der Waals surface area (Å²) in [4.78, 5) is 30.5. The zero-order valence-electron chi connectivity index (χ0n) is 13.3. The van der Waals surface area contributed by atoms with E-state index in [9.17, 15) is 22.8 Å². The Balaban J connectivity index is 1.67. The van der Waals surface area contributed by atoms with Gasteiger partial charge in [-0.05, 0) is 23.8 Å². The van der Waals surface area contributed by atoms with Gasteiger partial charge in [0.1, 0.15) is 12.4 Å². The number of nitrogens with zero attached hydrogens (tertiary/aromatic N) is 1. The van der Waals surface area contributed by atoms with Crippen molar-refractivity contribution < 1.29 is 22.7 Å². The molecule has 0 aliphatic heterocycles.